The third-order valence-electron chi connectivity index (χ3n) is 3.67. The van der Waals surface area contributed by atoms with Crippen LogP contribution in [0.25, 0.3) is 0 Å². The molecule has 1 aliphatic rings. The Labute approximate surface area is 119 Å². The highest BCUT2D eigenvalue weighted by molar-refractivity contribution is 5.68. The van der Waals surface area contributed by atoms with Crippen LogP contribution in [0.2, 0.25) is 0 Å². The molecule has 1 heterocycles. The maximum atomic E-state index is 13.6. The Kier molecular flexibility index (Phi) is 4.08. The number of carboxylic acid groups (broad SMARTS) is 1. The van der Waals surface area contributed by atoms with E-state index >= 15 is 0 Å². The van der Waals surface area contributed by atoms with E-state index in [1.165, 1.54) is 6.07 Å². The molecule has 1 aromatic rings. The van der Waals surface area contributed by atoms with Crippen LogP contribution < -0.4 is 4.90 Å². The van der Waals surface area contributed by atoms with Crippen LogP contribution >= 0.6 is 0 Å². The van der Waals surface area contributed by atoms with Gasteiger partial charge < -0.3 is 15.1 Å². The Hall–Kier alpha value is -2.22. The zero-order chi connectivity index (χ0) is 15.6. The Morgan fingerprint density at radius 1 is 1.43 bits per heavy atom. The quantitative estimate of drug-likeness (QED) is 0.645. The van der Waals surface area contributed by atoms with Crippen molar-refractivity contribution in [3.63, 3.8) is 0 Å². The van der Waals surface area contributed by atoms with Crippen molar-refractivity contribution in [3.8, 4) is 0 Å². The highest BCUT2D eigenvalue weighted by Gasteiger charge is 2.34. The van der Waals surface area contributed by atoms with Crippen molar-refractivity contribution >= 4 is 17.3 Å². The standard InChI is InChI=1S/C13H15FN2O5/c14-10-7-9(1-2-11(10)16(20)21)15-5-3-13(19,4-6-15)8-12(17)18/h1-2,7,19H,3-6,8H2,(H,17,18). The molecule has 114 valence electrons. The van der Waals surface area contributed by atoms with Crippen molar-refractivity contribution in [2.24, 2.45) is 0 Å². The van der Waals surface area contributed by atoms with Crippen molar-refractivity contribution in [2.75, 3.05) is 18.0 Å². The van der Waals surface area contributed by atoms with Gasteiger partial charge in [-0.1, -0.05) is 0 Å². The summed E-state index contributed by atoms with van der Waals surface area (Å²) in [6.45, 7) is 0.724. The highest BCUT2D eigenvalue weighted by atomic mass is 19.1. The van der Waals surface area contributed by atoms with Crippen molar-refractivity contribution in [1.29, 1.82) is 0 Å². The van der Waals surface area contributed by atoms with Crippen molar-refractivity contribution < 1.29 is 24.3 Å². The Morgan fingerprint density at radius 3 is 2.52 bits per heavy atom. The van der Waals surface area contributed by atoms with E-state index in [2.05, 4.69) is 0 Å². The van der Waals surface area contributed by atoms with E-state index in [4.69, 9.17) is 5.11 Å². The van der Waals surface area contributed by atoms with Crippen molar-refractivity contribution in [1.82, 2.24) is 0 Å². The van der Waals surface area contributed by atoms with Crippen LogP contribution in [0, 0.1) is 15.9 Å². The molecular formula is C13H15FN2O5. The molecule has 1 aliphatic heterocycles. The third kappa shape index (κ3) is 3.46. The SMILES string of the molecule is O=C(O)CC1(O)CCN(c2ccc([N+](=O)[O-])c(F)c2)CC1. The lowest BCUT2D eigenvalue weighted by Crippen LogP contribution is -2.45. The van der Waals surface area contributed by atoms with Gasteiger partial charge in [0, 0.05) is 30.9 Å². The molecular weight excluding hydrogens is 283 g/mol. The maximum absolute atomic E-state index is 13.6. The average Bonchev–Trinajstić information content (AvgIpc) is 2.37. The molecule has 7 nitrogen and oxygen atoms in total. The topological polar surface area (TPSA) is 104 Å². The number of carboxylic acids is 1. The summed E-state index contributed by atoms with van der Waals surface area (Å²) in [6.07, 6.45) is 0.172. The number of piperidine rings is 1. The first kappa shape index (κ1) is 15.2. The zero-order valence-electron chi connectivity index (χ0n) is 11.2. The van der Waals surface area contributed by atoms with Crippen LogP contribution in [0.3, 0.4) is 0 Å². The number of hydrogen-bond donors (Lipinski definition) is 2. The van der Waals surface area contributed by atoms with Crippen LogP contribution in [0.15, 0.2) is 18.2 Å². The number of rotatable bonds is 4. The molecule has 0 unspecified atom stereocenters. The van der Waals surface area contributed by atoms with Gasteiger partial charge in [0.05, 0.1) is 16.9 Å². The minimum absolute atomic E-state index is 0.248. The van der Waals surface area contributed by atoms with Crippen LogP contribution in [0.4, 0.5) is 15.8 Å². The fourth-order valence-electron chi connectivity index (χ4n) is 2.48. The second kappa shape index (κ2) is 5.65. The molecule has 0 aromatic heterocycles. The number of aliphatic carboxylic acids is 1. The molecule has 2 N–H and O–H groups in total. The summed E-state index contributed by atoms with van der Waals surface area (Å²) < 4.78 is 13.6. The summed E-state index contributed by atoms with van der Waals surface area (Å²) in [6, 6.07) is 3.63. The van der Waals surface area contributed by atoms with Gasteiger partial charge in [0.25, 0.3) is 0 Å². The van der Waals surface area contributed by atoms with Crippen molar-refractivity contribution in [2.45, 2.75) is 24.9 Å². The fourth-order valence-corrected chi connectivity index (χ4v) is 2.48. The Morgan fingerprint density at radius 2 is 2.05 bits per heavy atom. The van der Waals surface area contributed by atoms with Gasteiger partial charge in [-0.25, -0.2) is 0 Å². The molecule has 0 atom stereocenters. The molecule has 8 heteroatoms. The normalized spacial score (nSPS) is 17.5. The van der Waals surface area contributed by atoms with Gasteiger partial charge in [0.1, 0.15) is 0 Å². The number of halogens is 1. The maximum Gasteiger partial charge on any atom is 0.306 e. The Bertz CT molecular complexity index is 570. The second-order valence-electron chi connectivity index (χ2n) is 5.17. The summed E-state index contributed by atoms with van der Waals surface area (Å²) >= 11 is 0. The van der Waals surface area contributed by atoms with Gasteiger partial charge in [-0.2, -0.15) is 4.39 Å². The lowest BCUT2D eigenvalue weighted by Gasteiger charge is -2.38. The van der Waals surface area contributed by atoms with Gasteiger partial charge in [0.15, 0.2) is 0 Å². The van der Waals surface area contributed by atoms with Crippen LogP contribution in [-0.4, -0.2) is 39.8 Å². The lowest BCUT2D eigenvalue weighted by atomic mass is 9.88. The fraction of sp³-hybridized carbons (Fsp3) is 0.462. The van der Waals surface area contributed by atoms with Crippen LogP contribution in [0.1, 0.15) is 19.3 Å². The monoisotopic (exact) mass is 298 g/mol. The van der Waals surface area contributed by atoms with Crippen LogP contribution in [-0.2, 0) is 4.79 Å². The minimum atomic E-state index is -1.25. The number of nitro benzene ring substituents is 1. The van der Waals surface area contributed by atoms with E-state index in [1.807, 2.05) is 0 Å². The molecule has 0 radical (unpaired) electrons. The molecule has 0 saturated carbocycles. The molecule has 1 fully saturated rings. The number of nitro groups is 1. The molecule has 2 rings (SSSR count). The van der Waals surface area contributed by atoms with E-state index in [9.17, 15) is 24.4 Å². The first-order valence-electron chi connectivity index (χ1n) is 6.44. The second-order valence-corrected chi connectivity index (χ2v) is 5.17. The van der Waals surface area contributed by atoms with Crippen molar-refractivity contribution in [3.05, 3.63) is 34.1 Å². The number of carbonyl (C=O) groups is 1. The van der Waals surface area contributed by atoms with Gasteiger partial charge in [-0.3, -0.25) is 14.9 Å². The largest absolute Gasteiger partial charge is 0.481 e. The zero-order valence-corrected chi connectivity index (χ0v) is 11.2. The first-order valence-corrected chi connectivity index (χ1v) is 6.44. The predicted molar refractivity (Wildman–Crippen MR) is 71.7 cm³/mol. The summed E-state index contributed by atoms with van der Waals surface area (Å²) in [5.74, 6) is -1.98. The summed E-state index contributed by atoms with van der Waals surface area (Å²) in [7, 11) is 0. The number of aliphatic hydroxyl groups is 1. The highest BCUT2D eigenvalue weighted by Crippen LogP contribution is 2.30. The smallest absolute Gasteiger partial charge is 0.306 e. The number of nitrogens with zero attached hydrogens (tertiary/aromatic N) is 2. The summed E-state index contributed by atoms with van der Waals surface area (Å²) in [5, 5.41) is 29.4. The van der Waals surface area contributed by atoms with Gasteiger partial charge in [-0.05, 0) is 18.9 Å². The number of anilines is 1. The molecule has 0 bridgehead atoms. The van der Waals surface area contributed by atoms with E-state index < -0.39 is 28.0 Å². The summed E-state index contributed by atoms with van der Waals surface area (Å²) in [5.41, 5.74) is -1.35. The number of hydrogen-bond acceptors (Lipinski definition) is 5. The molecule has 1 aromatic carbocycles. The molecule has 0 amide bonds. The van der Waals surface area contributed by atoms with Crippen LogP contribution in [0.5, 0.6) is 0 Å². The molecule has 0 aliphatic carbocycles. The third-order valence-corrected chi connectivity index (χ3v) is 3.67. The average molecular weight is 298 g/mol. The minimum Gasteiger partial charge on any atom is -0.481 e. The van der Waals surface area contributed by atoms with E-state index in [1.54, 1.807) is 4.90 Å². The lowest BCUT2D eigenvalue weighted by molar-refractivity contribution is -0.387. The Balaban J connectivity index is 2.07. The summed E-state index contributed by atoms with van der Waals surface area (Å²) in [4.78, 5) is 22.2. The molecule has 21 heavy (non-hydrogen) atoms. The van der Waals surface area contributed by atoms with E-state index in [-0.39, 0.29) is 19.3 Å². The first-order chi connectivity index (χ1) is 9.81. The van der Waals surface area contributed by atoms with Gasteiger partial charge in [-0.15, -0.1) is 0 Å². The number of benzene rings is 1. The van der Waals surface area contributed by atoms with Gasteiger partial charge >= 0.3 is 11.7 Å². The molecule has 1 saturated heterocycles. The van der Waals surface area contributed by atoms with E-state index in [0.717, 1.165) is 12.1 Å². The van der Waals surface area contributed by atoms with E-state index in [0.29, 0.717) is 18.8 Å². The predicted octanol–water partition coefficient (Wildman–Crippen LogP) is 1.54. The molecule has 0 spiro atoms. The van der Waals surface area contributed by atoms with Gasteiger partial charge in [0.2, 0.25) is 5.82 Å².